The normalized spacial score (nSPS) is 35.3. The number of rotatable bonds is 1. The maximum atomic E-state index is 11.0. The van der Waals surface area contributed by atoms with Gasteiger partial charge in [-0.15, -0.1) is 0 Å². The number of hydrogen-bond acceptors (Lipinski definition) is 4. The summed E-state index contributed by atoms with van der Waals surface area (Å²) in [6.07, 6.45) is 2.98. The van der Waals surface area contributed by atoms with Crippen LogP contribution in [-0.4, -0.2) is 35.6 Å². The van der Waals surface area contributed by atoms with Crippen LogP contribution in [0.3, 0.4) is 0 Å². The summed E-state index contributed by atoms with van der Waals surface area (Å²) < 4.78 is 11.1. The zero-order chi connectivity index (χ0) is 10.9. The Labute approximate surface area is 88.5 Å². The fourth-order valence-electron chi connectivity index (χ4n) is 2.34. The monoisotopic (exact) mass is 215 g/mol. The van der Waals surface area contributed by atoms with E-state index in [-0.39, 0.29) is 0 Å². The van der Waals surface area contributed by atoms with E-state index in [0.29, 0.717) is 32.5 Å². The highest BCUT2D eigenvalue weighted by Gasteiger charge is 2.44. The van der Waals surface area contributed by atoms with Gasteiger partial charge in [0.2, 0.25) is 0 Å². The molecule has 5 nitrogen and oxygen atoms in total. The van der Waals surface area contributed by atoms with Crippen molar-refractivity contribution in [3.05, 3.63) is 0 Å². The number of carbonyl (C=O) groups is 1. The van der Waals surface area contributed by atoms with Crippen molar-refractivity contribution >= 4 is 5.97 Å². The van der Waals surface area contributed by atoms with Crippen LogP contribution in [-0.2, 0) is 14.3 Å². The van der Waals surface area contributed by atoms with Gasteiger partial charge in [0.05, 0.1) is 13.2 Å². The summed E-state index contributed by atoms with van der Waals surface area (Å²) in [4.78, 5) is 11.0. The summed E-state index contributed by atoms with van der Waals surface area (Å²) in [5.74, 6) is -1.46. The van der Waals surface area contributed by atoms with Crippen LogP contribution in [0.1, 0.15) is 32.1 Å². The first kappa shape index (κ1) is 10.9. The molecule has 1 spiro atoms. The smallest absolute Gasteiger partial charge is 0.323 e. The third-order valence-electron chi connectivity index (χ3n) is 3.37. The number of aliphatic carboxylic acids is 1. The molecule has 0 amide bonds. The van der Waals surface area contributed by atoms with Crippen molar-refractivity contribution in [3.8, 4) is 0 Å². The van der Waals surface area contributed by atoms with Crippen molar-refractivity contribution in [1.82, 2.24) is 0 Å². The Hall–Kier alpha value is -0.650. The molecule has 0 aromatic rings. The molecule has 0 unspecified atom stereocenters. The van der Waals surface area contributed by atoms with E-state index in [4.69, 9.17) is 20.3 Å². The molecule has 1 aliphatic heterocycles. The number of ether oxygens (including phenoxy) is 2. The molecule has 0 aromatic carbocycles. The van der Waals surface area contributed by atoms with Gasteiger partial charge < -0.3 is 20.3 Å². The molecule has 2 fully saturated rings. The van der Waals surface area contributed by atoms with Crippen molar-refractivity contribution in [2.45, 2.75) is 43.4 Å². The number of carboxylic acids is 1. The minimum absolute atomic E-state index is 0.419. The maximum absolute atomic E-state index is 11.0. The van der Waals surface area contributed by atoms with Crippen molar-refractivity contribution in [1.29, 1.82) is 0 Å². The Morgan fingerprint density at radius 1 is 1.13 bits per heavy atom. The van der Waals surface area contributed by atoms with Crippen molar-refractivity contribution in [2.75, 3.05) is 13.2 Å². The number of hydrogen-bond donors (Lipinski definition) is 2. The van der Waals surface area contributed by atoms with Crippen LogP contribution in [0.5, 0.6) is 0 Å². The summed E-state index contributed by atoms with van der Waals surface area (Å²) >= 11 is 0. The summed E-state index contributed by atoms with van der Waals surface area (Å²) in [7, 11) is 0. The Kier molecular flexibility index (Phi) is 2.70. The van der Waals surface area contributed by atoms with Gasteiger partial charge in [0.15, 0.2) is 5.79 Å². The molecule has 15 heavy (non-hydrogen) atoms. The lowest BCUT2D eigenvalue weighted by molar-refractivity contribution is -0.166. The van der Waals surface area contributed by atoms with Gasteiger partial charge in [-0.3, -0.25) is 4.79 Å². The van der Waals surface area contributed by atoms with Gasteiger partial charge >= 0.3 is 5.97 Å². The van der Waals surface area contributed by atoms with Gasteiger partial charge in [0.25, 0.3) is 0 Å². The van der Waals surface area contributed by atoms with E-state index in [9.17, 15) is 4.79 Å². The molecule has 1 atom stereocenters. The topological polar surface area (TPSA) is 81.8 Å². The molecule has 86 valence electrons. The maximum Gasteiger partial charge on any atom is 0.323 e. The van der Waals surface area contributed by atoms with Crippen LogP contribution >= 0.6 is 0 Å². The Morgan fingerprint density at radius 2 is 1.80 bits per heavy atom. The SMILES string of the molecule is N[C@]1(C(=O)O)CCCC2(CC1)OCCO2. The lowest BCUT2D eigenvalue weighted by Crippen LogP contribution is -2.47. The average Bonchev–Trinajstić information content (AvgIpc) is 2.56. The minimum atomic E-state index is -1.10. The molecule has 0 bridgehead atoms. The molecule has 0 aromatic heterocycles. The largest absolute Gasteiger partial charge is 0.480 e. The van der Waals surface area contributed by atoms with Crippen molar-refractivity contribution < 1.29 is 19.4 Å². The van der Waals surface area contributed by atoms with Crippen LogP contribution in [0.2, 0.25) is 0 Å². The summed E-state index contributed by atoms with van der Waals surface area (Å²) in [5, 5.41) is 9.05. The van der Waals surface area contributed by atoms with Gasteiger partial charge in [-0.05, 0) is 19.3 Å². The second-order valence-electron chi connectivity index (χ2n) is 4.42. The van der Waals surface area contributed by atoms with Crippen LogP contribution in [0, 0.1) is 0 Å². The molecular formula is C10H17NO4. The molecule has 0 radical (unpaired) electrons. The lowest BCUT2D eigenvalue weighted by Gasteiger charge is -2.26. The molecule has 1 aliphatic carbocycles. The Morgan fingerprint density at radius 3 is 2.40 bits per heavy atom. The fraction of sp³-hybridized carbons (Fsp3) is 0.900. The number of nitrogens with two attached hydrogens (primary N) is 1. The lowest BCUT2D eigenvalue weighted by atomic mass is 9.91. The first-order valence-electron chi connectivity index (χ1n) is 5.37. The van der Waals surface area contributed by atoms with Gasteiger partial charge in [-0.2, -0.15) is 0 Å². The quantitative estimate of drug-likeness (QED) is 0.664. The molecule has 2 aliphatic rings. The van der Waals surface area contributed by atoms with E-state index in [2.05, 4.69) is 0 Å². The molecule has 3 N–H and O–H groups in total. The number of carboxylic acid groups (broad SMARTS) is 1. The predicted octanol–water partition coefficient (Wildman–Crippen LogP) is 0.476. The van der Waals surface area contributed by atoms with Gasteiger partial charge in [0, 0.05) is 12.8 Å². The average molecular weight is 215 g/mol. The van der Waals surface area contributed by atoms with Crippen LogP contribution in [0.4, 0.5) is 0 Å². The van der Waals surface area contributed by atoms with E-state index >= 15 is 0 Å². The molecule has 5 heteroatoms. The molecule has 1 saturated carbocycles. The third-order valence-corrected chi connectivity index (χ3v) is 3.37. The highest BCUT2D eigenvalue weighted by molar-refractivity contribution is 5.78. The Bertz CT molecular complexity index is 262. The zero-order valence-corrected chi connectivity index (χ0v) is 8.70. The zero-order valence-electron chi connectivity index (χ0n) is 8.70. The molecule has 1 heterocycles. The van der Waals surface area contributed by atoms with E-state index in [1.54, 1.807) is 0 Å². The van der Waals surface area contributed by atoms with Crippen LogP contribution in [0.15, 0.2) is 0 Å². The molecule has 1 saturated heterocycles. The van der Waals surface area contributed by atoms with Crippen LogP contribution < -0.4 is 5.73 Å². The fourth-order valence-corrected chi connectivity index (χ4v) is 2.34. The van der Waals surface area contributed by atoms with E-state index < -0.39 is 17.3 Å². The molecular weight excluding hydrogens is 198 g/mol. The molecule has 2 rings (SSSR count). The third kappa shape index (κ3) is 2.00. The van der Waals surface area contributed by atoms with E-state index in [1.807, 2.05) is 0 Å². The van der Waals surface area contributed by atoms with E-state index in [1.165, 1.54) is 0 Å². The van der Waals surface area contributed by atoms with Crippen molar-refractivity contribution in [3.63, 3.8) is 0 Å². The summed E-state index contributed by atoms with van der Waals surface area (Å²) in [6, 6.07) is 0. The van der Waals surface area contributed by atoms with Gasteiger partial charge in [-0.1, -0.05) is 0 Å². The summed E-state index contributed by atoms with van der Waals surface area (Å²) in [5.41, 5.74) is 4.74. The second-order valence-corrected chi connectivity index (χ2v) is 4.42. The first-order valence-corrected chi connectivity index (χ1v) is 5.37. The summed E-state index contributed by atoms with van der Waals surface area (Å²) in [6.45, 7) is 1.20. The highest BCUT2D eigenvalue weighted by Crippen LogP contribution is 2.37. The van der Waals surface area contributed by atoms with Crippen LogP contribution in [0.25, 0.3) is 0 Å². The minimum Gasteiger partial charge on any atom is -0.480 e. The highest BCUT2D eigenvalue weighted by atomic mass is 16.7. The first-order chi connectivity index (χ1) is 7.06. The Balaban J connectivity index is 2.06. The second kappa shape index (κ2) is 3.73. The van der Waals surface area contributed by atoms with E-state index in [0.717, 1.165) is 12.8 Å². The van der Waals surface area contributed by atoms with Crippen molar-refractivity contribution in [2.24, 2.45) is 5.73 Å². The van der Waals surface area contributed by atoms with Gasteiger partial charge in [-0.25, -0.2) is 0 Å². The predicted molar refractivity (Wildman–Crippen MR) is 52.3 cm³/mol. The van der Waals surface area contributed by atoms with Gasteiger partial charge in [0.1, 0.15) is 5.54 Å². The standard InChI is InChI=1S/C10H17NO4/c11-9(8(12)13)2-1-3-10(5-4-9)14-6-7-15-10/h1-7,11H2,(H,12,13)/t9-/m1/s1.